The first kappa shape index (κ1) is 35.2. The Morgan fingerprint density at radius 2 is 1.12 bits per heavy atom. The highest BCUT2D eigenvalue weighted by atomic mass is 19.4. The molecule has 2 bridgehead atoms. The zero-order valence-corrected chi connectivity index (χ0v) is 21.7. The first-order valence-corrected chi connectivity index (χ1v) is 13.4. The Hall–Kier alpha value is -0.960. The highest BCUT2D eigenvalue weighted by Crippen LogP contribution is 2.56. The van der Waals surface area contributed by atoms with Crippen LogP contribution >= 0.6 is 0 Å². The maximum Gasteiger partial charge on any atom is 0.426 e. The molecule has 3 atom stereocenters. The molecule has 0 aromatic heterocycles. The lowest BCUT2D eigenvalue weighted by atomic mass is 9.76. The van der Waals surface area contributed by atoms with Gasteiger partial charge in [-0.05, 0) is 82.0 Å². The Kier molecular flexibility index (Phi) is 11.2. The van der Waals surface area contributed by atoms with Gasteiger partial charge in [-0.1, -0.05) is 19.3 Å². The van der Waals surface area contributed by atoms with Crippen molar-refractivity contribution in [1.82, 2.24) is 0 Å². The molecule has 15 heteroatoms. The number of hydrogen-bond acceptors (Lipinski definition) is 3. The highest BCUT2D eigenvalue weighted by Gasteiger charge is 2.73. The summed E-state index contributed by atoms with van der Waals surface area (Å²) in [6, 6.07) is 0. The molecule has 3 unspecified atom stereocenters. The van der Waals surface area contributed by atoms with Crippen molar-refractivity contribution in [2.75, 3.05) is 6.61 Å². The third kappa shape index (κ3) is 7.90. The molecule has 3 nitrogen and oxygen atoms in total. The van der Waals surface area contributed by atoms with Crippen LogP contribution in [0, 0.1) is 29.6 Å². The second-order valence-electron chi connectivity index (χ2n) is 11.5. The Morgan fingerprint density at radius 1 is 0.625 bits per heavy atom. The monoisotopic (exact) mass is 612 g/mol. The molecule has 0 saturated heterocycles. The van der Waals surface area contributed by atoms with Crippen LogP contribution in [0.5, 0.6) is 0 Å². The van der Waals surface area contributed by atoms with Crippen LogP contribution in [-0.2, 0) is 0 Å². The van der Waals surface area contributed by atoms with Gasteiger partial charge in [-0.2, -0.15) is 52.7 Å². The molecule has 4 fully saturated rings. The van der Waals surface area contributed by atoms with Crippen LogP contribution in [0.1, 0.15) is 83.5 Å². The van der Waals surface area contributed by atoms with E-state index in [4.69, 9.17) is 10.2 Å². The van der Waals surface area contributed by atoms with Crippen LogP contribution < -0.4 is 0 Å². The summed E-state index contributed by atoms with van der Waals surface area (Å²) < 4.78 is 148. The molecule has 0 aromatic rings. The van der Waals surface area contributed by atoms with E-state index in [1.807, 2.05) is 0 Å². The lowest BCUT2D eigenvalue weighted by Gasteiger charge is -2.40. The molecule has 238 valence electrons. The third-order valence-electron chi connectivity index (χ3n) is 8.94. The molecule has 0 aromatic carbocycles. The van der Waals surface area contributed by atoms with Crippen LogP contribution in [0.25, 0.3) is 0 Å². The second kappa shape index (κ2) is 12.7. The molecule has 4 aliphatic carbocycles. The number of aliphatic hydroxyl groups is 3. The van der Waals surface area contributed by atoms with Gasteiger partial charge in [0.05, 0.1) is 5.92 Å². The molecular formula is C25H36F12O3. The number of fused-ring (bicyclic) bond motifs is 2. The maximum absolute atomic E-state index is 12.4. The maximum atomic E-state index is 12.4. The number of hydrogen-bond donors (Lipinski definition) is 3. The van der Waals surface area contributed by atoms with Crippen molar-refractivity contribution >= 4 is 0 Å². The van der Waals surface area contributed by atoms with E-state index in [1.54, 1.807) is 0 Å². The minimum Gasteiger partial charge on any atom is -0.396 e. The van der Waals surface area contributed by atoms with Gasteiger partial charge in [0, 0.05) is 12.5 Å². The van der Waals surface area contributed by atoms with Gasteiger partial charge in [0.1, 0.15) is 0 Å². The predicted octanol–water partition coefficient (Wildman–Crippen LogP) is 7.87. The summed E-state index contributed by atoms with van der Waals surface area (Å²) in [5.74, 6) is -3.21. The fourth-order valence-electron chi connectivity index (χ4n) is 6.46. The number of rotatable bonds is 2. The van der Waals surface area contributed by atoms with Crippen LogP contribution in [0.2, 0.25) is 0 Å². The van der Waals surface area contributed by atoms with Crippen molar-refractivity contribution in [3.8, 4) is 0 Å². The zero-order chi connectivity index (χ0) is 30.8. The Labute approximate surface area is 224 Å². The number of halogens is 12. The molecule has 3 N–H and O–H groups in total. The van der Waals surface area contributed by atoms with Crippen molar-refractivity contribution in [2.24, 2.45) is 29.6 Å². The van der Waals surface area contributed by atoms with E-state index in [1.165, 1.54) is 0 Å². The van der Waals surface area contributed by atoms with Crippen LogP contribution in [0.15, 0.2) is 0 Å². The standard InChI is InChI=1S/C9H12F6O.C8H11F3O.C8H13F3O/c10-8(11,12)7(16,9(13,14)15)6-4-2-1-3-5-6;9-8(10,11)7(12)4-5-1-2-6(7)3-5;9-8(10,11)7-3-1-6(5-12)2-4-7/h6,16H,1-5H2;5-6,12H,1-4H2;6-7,12H,1-5H2. The van der Waals surface area contributed by atoms with Gasteiger partial charge in [0.2, 0.25) is 0 Å². The van der Waals surface area contributed by atoms with E-state index in [-0.39, 0.29) is 50.5 Å². The van der Waals surface area contributed by atoms with Crippen molar-refractivity contribution in [1.29, 1.82) is 0 Å². The van der Waals surface area contributed by atoms with E-state index in [9.17, 15) is 57.8 Å². The molecule has 4 aliphatic rings. The summed E-state index contributed by atoms with van der Waals surface area (Å²) in [6.45, 7) is 0.0323. The molecule has 4 rings (SSSR count). The topological polar surface area (TPSA) is 60.7 Å². The van der Waals surface area contributed by atoms with Gasteiger partial charge in [0.25, 0.3) is 5.60 Å². The summed E-state index contributed by atoms with van der Waals surface area (Å²) in [7, 11) is 0. The lowest BCUT2D eigenvalue weighted by Crippen LogP contribution is -2.61. The van der Waals surface area contributed by atoms with E-state index in [0.29, 0.717) is 44.9 Å². The highest BCUT2D eigenvalue weighted by molar-refractivity contribution is 5.05. The summed E-state index contributed by atoms with van der Waals surface area (Å²) in [4.78, 5) is 0. The molecule has 0 spiro atoms. The molecular weight excluding hydrogens is 576 g/mol. The van der Waals surface area contributed by atoms with Gasteiger partial charge in [-0.25, -0.2) is 0 Å². The summed E-state index contributed by atoms with van der Waals surface area (Å²) in [5, 5.41) is 27.2. The first-order chi connectivity index (χ1) is 18.1. The summed E-state index contributed by atoms with van der Waals surface area (Å²) in [6.07, 6.45) is -15.8. The third-order valence-corrected chi connectivity index (χ3v) is 8.94. The van der Waals surface area contributed by atoms with Gasteiger partial charge in [-0.3, -0.25) is 0 Å². The molecule has 0 heterocycles. The minimum absolute atomic E-state index is 0.0323. The van der Waals surface area contributed by atoms with Crippen molar-refractivity contribution < 1.29 is 68.0 Å². The smallest absolute Gasteiger partial charge is 0.396 e. The predicted molar refractivity (Wildman–Crippen MR) is 119 cm³/mol. The Bertz CT molecular complexity index is 764. The normalized spacial score (nSPS) is 32.2. The lowest BCUT2D eigenvalue weighted by molar-refractivity contribution is -0.387. The largest absolute Gasteiger partial charge is 0.426 e. The molecule has 0 amide bonds. The molecule has 0 aliphatic heterocycles. The fourth-order valence-corrected chi connectivity index (χ4v) is 6.46. The first-order valence-electron chi connectivity index (χ1n) is 13.4. The van der Waals surface area contributed by atoms with E-state index >= 15 is 0 Å². The van der Waals surface area contributed by atoms with Crippen LogP contribution in [0.3, 0.4) is 0 Å². The van der Waals surface area contributed by atoms with E-state index in [2.05, 4.69) is 0 Å². The average molecular weight is 613 g/mol. The quantitative estimate of drug-likeness (QED) is 0.278. The van der Waals surface area contributed by atoms with Gasteiger partial charge < -0.3 is 15.3 Å². The van der Waals surface area contributed by atoms with E-state index in [0.717, 1.165) is 6.42 Å². The minimum atomic E-state index is -5.67. The molecule has 0 radical (unpaired) electrons. The van der Waals surface area contributed by atoms with Gasteiger partial charge >= 0.3 is 24.7 Å². The van der Waals surface area contributed by atoms with Crippen molar-refractivity contribution in [3.63, 3.8) is 0 Å². The molecule has 40 heavy (non-hydrogen) atoms. The number of aliphatic hydroxyl groups excluding tert-OH is 1. The second-order valence-corrected chi connectivity index (χ2v) is 11.5. The van der Waals surface area contributed by atoms with Gasteiger partial charge in [-0.15, -0.1) is 0 Å². The Balaban J connectivity index is 0.000000213. The zero-order valence-electron chi connectivity index (χ0n) is 21.7. The fraction of sp³-hybridized carbons (Fsp3) is 1.00. The Morgan fingerprint density at radius 3 is 1.43 bits per heavy atom. The van der Waals surface area contributed by atoms with Gasteiger partial charge in [0.15, 0.2) is 5.60 Å². The average Bonchev–Trinajstić information content (AvgIpc) is 3.44. The SMILES string of the molecule is OC(C1CCCCC1)(C(F)(F)F)C(F)(F)F.OC1(C(F)(F)F)CC2CCC1C2.OCC1CCC(C(F)(F)F)CC1. The molecule has 4 saturated carbocycles. The van der Waals surface area contributed by atoms with Crippen molar-refractivity contribution in [2.45, 2.75) is 119 Å². The summed E-state index contributed by atoms with van der Waals surface area (Å²) in [5.41, 5.74) is -6.91. The summed E-state index contributed by atoms with van der Waals surface area (Å²) >= 11 is 0. The number of alkyl halides is 12. The van der Waals surface area contributed by atoms with Crippen LogP contribution in [0.4, 0.5) is 52.7 Å². The van der Waals surface area contributed by atoms with Crippen molar-refractivity contribution in [3.05, 3.63) is 0 Å². The van der Waals surface area contributed by atoms with Crippen LogP contribution in [-0.4, -0.2) is 57.8 Å². The van der Waals surface area contributed by atoms with E-state index < -0.39 is 53.7 Å².